The van der Waals surface area contributed by atoms with Gasteiger partial charge < -0.3 is 14.6 Å². The first-order valence-electron chi connectivity index (χ1n) is 4.95. The molecular formula is C10H13ClN2O2. The fourth-order valence-corrected chi connectivity index (χ4v) is 1.94. The van der Waals surface area contributed by atoms with Gasteiger partial charge in [0.1, 0.15) is 0 Å². The van der Waals surface area contributed by atoms with Crippen molar-refractivity contribution in [2.45, 2.75) is 13.0 Å². The van der Waals surface area contributed by atoms with Gasteiger partial charge in [-0.1, -0.05) is 0 Å². The first-order chi connectivity index (χ1) is 7.20. The molecule has 5 heteroatoms. The molecule has 0 saturated carbocycles. The maximum absolute atomic E-state index is 12.0. The molecule has 0 spiro atoms. The van der Waals surface area contributed by atoms with Crippen molar-refractivity contribution in [1.29, 1.82) is 0 Å². The van der Waals surface area contributed by atoms with Crippen LogP contribution in [0.3, 0.4) is 0 Å². The number of rotatable bonds is 1. The highest BCUT2D eigenvalue weighted by Gasteiger charge is 2.26. The Morgan fingerprint density at radius 3 is 3.13 bits per heavy atom. The molecule has 1 aliphatic heterocycles. The summed E-state index contributed by atoms with van der Waals surface area (Å²) in [6.45, 7) is 4.37. The molecule has 2 heterocycles. The Kier molecular flexibility index (Phi) is 2.98. The van der Waals surface area contributed by atoms with Crippen LogP contribution in [0.25, 0.3) is 0 Å². The summed E-state index contributed by atoms with van der Waals surface area (Å²) in [6, 6.07) is 1.80. The van der Waals surface area contributed by atoms with E-state index < -0.39 is 0 Å². The van der Waals surface area contributed by atoms with Crippen LogP contribution < -0.4 is 5.32 Å². The maximum atomic E-state index is 12.0. The Morgan fingerprint density at radius 1 is 1.73 bits per heavy atom. The summed E-state index contributed by atoms with van der Waals surface area (Å²) in [5, 5.41) is 3.40. The van der Waals surface area contributed by atoms with Crippen molar-refractivity contribution >= 4 is 17.5 Å². The van der Waals surface area contributed by atoms with E-state index in [-0.39, 0.29) is 17.2 Å². The summed E-state index contributed by atoms with van der Waals surface area (Å²) in [7, 11) is 0. The molecule has 15 heavy (non-hydrogen) atoms. The number of halogens is 1. The summed E-state index contributed by atoms with van der Waals surface area (Å²) in [5.41, 5.74) is 0.449. The van der Waals surface area contributed by atoms with Gasteiger partial charge in [0.25, 0.3) is 5.91 Å². The molecule has 0 radical (unpaired) electrons. The smallest absolute Gasteiger partial charge is 0.259 e. The van der Waals surface area contributed by atoms with Gasteiger partial charge in [0.15, 0.2) is 0 Å². The van der Waals surface area contributed by atoms with Crippen molar-refractivity contribution in [3.8, 4) is 0 Å². The van der Waals surface area contributed by atoms with Gasteiger partial charge in [-0.2, -0.15) is 0 Å². The highest BCUT2D eigenvalue weighted by molar-refractivity contribution is 6.32. The summed E-state index contributed by atoms with van der Waals surface area (Å²) < 4.78 is 4.91. The third-order valence-electron chi connectivity index (χ3n) is 2.61. The average Bonchev–Trinajstić information content (AvgIpc) is 2.64. The van der Waals surface area contributed by atoms with Gasteiger partial charge >= 0.3 is 0 Å². The summed E-state index contributed by atoms with van der Waals surface area (Å²) >= 11 is 5.77. The highest BCUT2D eigenvalue weighted by atomic mass is 35.5. The number of piperazine rings is 1. The van der Waals surface area contributed by atoms with Crippen LogP contribution >= 0.6 is 11.6 Å². The lowest BCUT2D eigenvalue weighted by molar-refractivity contribution is 0.0655. The second kappa shape index (κ2) is 4.24. The van der Waals surface area contributed by atoms with Gasteiger partial charge in [-0.3, -0.25) is 4.79 Å². The molecule has 1 aromatic heterocycles. The predicted molar refractivity (Wildman–Crippen MR) is 57.1 cm³/mol. The molecule has 1 amide bonds. The number of carbonyl (C=O) groups is 1. The molecule has 1 fully saturated rings. The Bertz CT molecular complexity index is 364. The largest absolute Gasteiger partial charge is 0.452 e. The second-order valence-electron chi connectivity index (χ2n) is 3.66. The third kappa shape index (κ3) is 2.01. The van der Waals surface area contributed by atoms with E-state index in [1.165, 1.54) is 6.26 Å². The van der Waals surface area contributed by atoms with E-state index in [0.29, 0.717) is 12.1 Å². The minimum absolute atomic E-state index is 0.0530. The van der Waals surface area contributed by atoms with Gasteiger partial charge in [0.05, 0.1) is 11.8 Å². The fourth-order valence-electron chi connectivity index (χ4n) is 1.74. The molecule has 1 N–H and O–H groups in total. The molecule has 1 aliphatic rings. The second-order valence-corrected chi connectivity index (χ2v) is 4.00. The molecule has 0 unspecified atom stereocenters. The number of amides is 1. The highest BCUT2D eigenvalue weighted by Crippen LogP contribution is 2.20. The summed E-state index contributed by atoms with van der Waals surface area (Å²) in [5.74, 6) is -0.0530. The number of furan rings is 1. The molecule has 82 valence electrons. The zero-order valence-electron chi connectivity index (χ0n) is 8.50. The van der Waals surface area contributed by atoms with E-state index in [1.54, 1.807) is 6.07 Å². The van der Waals surface area contributed by atoms with Crippen molar-refractivity contribution in [3.05, 3.63) is 23.1 Å². The fraction of sp³-hybridized carbons (Fsp3) is 0.500. The molecule has 1 atom stereocenters. The minimum atomic E-state index is -0.0530. The topological polar surface area (TPSA) is 45.5 Å². The van der Waals surface area contributed by atoms with Crippen molar-refractivity contribution in [2.24, 2.45) is 0 Å². The van der Waals surface area contributed by atoms with Crippen LogP contribution in [0.4, 0.5) is 0 Å². The summed E-state index contributed by atoms with van der Waals surface area (Å²) in [6.07, 6.45) is 1.43. The van der Waals surface area contributed by atoms with Crippen molar-refractivity contribution in [2.75, 3.05) is 19.6 Å². The van der Waals surface area contributed by atoms with E-state index in [4.69, 9.17) is 16.0 Å². The number of nitrogens with one attached hydrogen (secondary N) is 1. The standard InChI is InChI=1S/C10H13ClN2O2/c1-7-6-12-3-4-13(7)10(14)8-2-5-15-9(8)11/h2,5,7,12H,3-4,6H2,1H3/t7-/m1/s1. The SMILES string of the molecule is C[C@@H]1CNCCN1C(=O)c1ccoc1Cl. The van der Waals surface area contributed by atoms with E-state index in [0.717, 1.165) is 13.1 Å². The van der Waals surface area contributed by atoms with Crippen molar-refractivity contribution in [1.82, 2.24) is 10.2 Å². The Hall–Kier alpha value is -1.00. The number of hydrogen-bond donors (Lipinski definition) is 1. The minimum Gasteiger partial charge on any atom is -0.452 e. The Labute approximate surface area is 93.2 Å². The van der Waals surface area contributed by atoms with Gasteiger partial charge in [-0.15, -0.1) is 0 Å². The molecule has 1 aromatic rings. The molecule has 0 bridgehead atoms. The summed E-state index contributed by atoms with van der Waals surface area (Å²) in [4.78, 5) is 13.9. The van der Waals surface area contributed by atoms with E-state index in [2.05, 4.69) is 5.32 Å². The lowest BCUT2D eigenvalue weighted by atomic mass is 10.2. The van der Waals surface area contributed by atoms with Gasteiger partial charge in [0, 0.05) is 25.7 Å². The Balaban J connectivity index is 2.17. The van der Waals surface area contributed by atoms with E-state index >= 15 is 0 Å². The van der Waals surface area contributed by atoms with E-state index in [1.807, 2.05) is 11.8 Å². The van der Waals surface area contributed by atoms with Crippen LogP contribution in [0.15, 0.2) is 16.7 Å². The molecule has 2 rings (SSSR count). The van der Waals surface area contributed by atoms with Crippen LogP contribution in [0.5, 0.6) is 0 Å². The average molecular weight is 229 g/mol. The molecule has 0 aliphatic carbocycles. The van der Waals surface area contributed by atoms with Crippen LogP contribution in [0, 0.1) is 0 Å². The number of nitrogens with zero attached hydrogens (tertiary/aromatic N) is 1. The van der Waals surface area contributed by atoms with Crippen LogP contribution in [0.2, 0.25) is 5.22 Å². The first kappa shape index (κ1) is 10.5. The molecule has 0 aromatic carbocycles. The zero-order chi connectivity index (χ0) is 10.8. The number of hydrogen-bond acceptors (Lipinski definition) is 3. The Morgan fingerprint density at radius 2 is 2.53 bits per heavy atom. The maximum Gasteiger partial charge on any atom is 0.259 e. The first-order valence-corrected chi connectivity index (χ1v) is 5.32. The lowest BCUT2D eigenvalue weighted by Crippen LogP contribution is -2.52. The third-order valence-corrected chi connectivity index (χ3v) is 2.90. The van der Waals surface area contributed by atoms with Crippen molar-refractivity contribution < 1.29 is 9.21 Å². The zero-order valence-corrected chi connectivity index (χ0v) is 9.25. The number of carbonyl (C=O) groups excluding carboxylic acids is 1. The lowest BCUT2D eigenvalue weighted by Gasteiger charge is -2.33. The van der Waals surface area contributed by atoms with Crippen LogP contribution in [-0.2, 0) is 0 Å². The van der Waals surface area contributed by atoms with Gasteiger partial charge in [-0.25, -0.2) is 0 Å². The van der Waals surface area contributed by atoms with Gasteiger partial charge in [0.2, 0.25) is 5.22 Å². The quantitative estimate of drug-likeness (QED) is 0.790. The van der Waals surface area contributed by atoms with E-state index in [9.17, 15) is 4.79 Å². The van der Waals surface area contributed by atoms with Crippen LogP contribution in [0.1, 0.15) is 17.3 Å². The monoisotopic (exact) mass is 228 g/mol. The van der Waals surface area contributed by atoms with Crippen LogP contribution in [-0.4, -0.2) is 36.5 Å². The van der Waals surface area contributed by atoms with Gasteiger partial charge in [-0.05, 0) is 24.6 Å². The van der Waals surface area contributed by atoms with Crippen molar-refractivity contribution in [3.63, 3.8) is 0 Å². The molecule has 1 saturated heterocycles. The molecular weight excluding hydrogens is 216 g/mol. The molecule has 4 nitrogen and oxygen atoms in total. The normalized spacial score (nSPS) is 21.7. The predicted octanol–water partition coefficient (Wildman–Crippen LogP) is 1.37.